The Hall–Kier alpha value is -2.64. The van der Waals surface area contributed by atoms with E-state index >= 15 is 0 Å². The molecule has 8 nitrogen and oxygen atoms in total. The number of carbonyl (C=O) groups excluding carboxylic acids is 1. The number of aromatic nitrogens is 2. The highest BCUT2D eigenvalue weighted by atomic mass is 16.4. The number of hydrogen-bond acceptors (Lipinski definition) is 5. The van der Waals surface area contributed by atoms with Gasteiger partial charge >= 0.3 is 5.97 Å². The zero-order valence-electron chi connectivity index (χ0n) is 14.3. The van der Waals surface area contributed by atoms with Gasteiger partial charge in [0.2, 0.25) is 5.71 Å². The van der Waals surface area contributed by atoms with Crippen molar-refractivity contribution in [2.24, 2.45) is 13.0 Å². The van der Waals surface area contributed by atoms with Gasteiger partial charge in [-0.1, -0.05) is 0 Å². The number of amides is 1. The summed E-state index contributed by atoms with van der Waals surface area (Å²) in [6, 6.07) is 0. The molecule has 134 valence electrons. The molecule has 2 aromatic heterocycles. The first-order valence-electron chi connectivity index (χ1n) is 8.34. The fourth-order valence-corrected chi connectivity index (χ4v) is 3.42. The lowest BCUT2D eigenvalue weighted by Crippen LogP contribution is -2.40. The molecule has 2 aromatic rings. The summed E-state index contributed by atoms with van der Waals surface area (Å²) in [7, 11) is 1.58. The Kier molecular flexibility index (Phi) is 4.61. The highest BCUT2D eigenvalue weighted by Gasteiger charge is 2.30. The van der Waals surface area contributed by atoms with Gasteiger partial charge in [0.15, 0.2) is 0 Å². The van der Waals surface area contributed by atoms with Crippen LogP contribution in [0.3, 0.4) is 0 Å². The van der Waals surface area contributed by atoms with Crippen LogP contribution in [0.1, 0.15) is 41.8 Å². The number of hydrogen-bond donors (Lipinski definition) is 1. The summed E-state index contributed by atoms with van der Waals surface area (Å²) in [6.45, 7) is 2.74. The minimum Gasteiger partial charge on any atom is -0.481 e. The summed E-state index contributed by atoms with van der Waals surface area (Å²) in [4.78, 5) is 42.0. The average Bonchev–Trinajstić information content (AvgIpc) is 2.93. The van der Waals surface area contributed by atoms with E-state index in [1.54, 1.807) is 18.9 Å². The van der Waals surface area contributed by atoms with Gasteiger partial charge in [0, 0.05) is 26.6 Å². The molecular weight excluding hydrogens is 326 g/mol. The van der Waals surface area contributed by atoms with Crippen molar-refractivity contribution in [2.75, 3.05) is 13.1 Å². The molecule has 1 N–H and O–H groups in total. The Balaban J connectivity index is 1.89. The largest absolute Gasteiger partial charge is 0.481 e. The SMILES string of the molecule is Cc1oc2ncn(C)c(=O)c2c1C(=O)N1CCCC(CCC(=O)O)C1. The average molecular weight is 347 g/mol. The second-order valence-electron chi connectivity index (χ2n) is 6.57. The molecule has 0 bridgehead atoms. The van der Waals surface area contributed by atoms with Crippen LogP contribution in [0, 0.1) is 12.8 Å². The Labute approximate surface area is 144 Å². The Morgan fingerprint density at radius 3 is 2.92 bits per heavy atom. The molecule has 3 rings (SSSR count). The van der Waals surface area contributed by atoms with Crippen LogP contribution in [0.4, 0.5) is 0 Å². The quantitative estimate of drug-likeness (QED) is 0.899. The molecule has 3 heterocycles. The highest BCUT2D eigenvalue weighted by Crippen LogP contribution is 2.26. The summed E-state index contributed by atoms with van der Waals surface area (Å²) in [5, 5.41) is 9.05. The standard InChI is InChI=1S/C17H21N3O5/c1-10-13(14-15(25-10)18-9-19(2)16(14)23)17(24)20-7-3-4-11(8-20)5-6-12(21)22/h9,11H,3-8H2,1-2H3,(H,21,22). The van der Waals surface area contributed by atoms with Crippen LogP contribution in [0.5, 0.6) is 0 Å². The molecule has 1 unspecified atom stereocenters. The molecule has 0 spiro atoms. The molecule has 0 aromatic carbocycles. The number of furan rings is 1. The molecular formula is C17H21N3O5. The Morgan fingerprint density at radius 2 is 2.20 bits per heavy atom. The molecule has 1 saturated heterocycles. The minimum absolute atomic E-state index is 0.102. The number of fused-ring (bicyclic) bond motifs is 1. The van der Waals surface area contributed by atoms with Crippen LogP contribution in [-0.2, 0) is 11.8 Å². The van der Waals surface area contributed by atoms with Crippen molar-refractivity contribution in [2.45, 2.75) is 32.6 Å². The number of aryl methyl sites for hydroxylation is 2. The molecule has 1 aliphatic rings. The maximum atomic E-state index is 13.0. The van der Waals surface area contributed by atoms with Crippen molar-refractivity contribution in [1.29, 1.82) is 0 Å². The number of piperidine rings is 1. The van der Waals surface area contributed by atoms with Crippen molar-refractivity contribution >= 4 is 23.0 Å². The topological polar surface area (TPSA) is 106 Å². The summed E-state index contributed by atoms with van der Waals surface area (Å²) >= 11 is 0. The van der Waals surface area contributed by atoms with Gasteiger partial charge in [0.25, 0.3) is 11.5 Å². The van der Waals surface area contributed by atoms with Crippen molar-refractivity contribution in [3.63, 3.8) is 0 Å². The Morgan fingerprint density at radius 1 is 1.44 bits per heavy atom. The van der Waals surface area contributed by atoms with E-state index in [4.69, 9.17) is 9.52 Å². The van der Waals surface area contributed by atoms with E-state index in [-0.39, 0.29) is 40.5 Å². The number of carboxylic acid groups (broad SMARTS) is 1. The Bertz CT molecular complexity index is 882. The molecule has 0 saturated carbocycles. The smallest absolute Gasteiger partial charge is 0.303 e. The van der Waals surface area contributed by atoms with E-state index < -0.39 is 5.97 Å². The number of carboxylic acids is 1. The first-order valence-corrected chi connectivity index (χ1v) is 8.34. The maximum absolute atomic E-state index is 13.0. The lowest BCUT2D eigenvalue weighted by molar-refractivity contribution is -0.137. The van der Waals surface area contributed by atoms with Crippen molar-refractivity contribution in [3.8, 4) is 0 Å². The molecule has 1 fully saturated rings. The molecule has 0 aliphatic carbocycles. The summed E-state index contributed by atoms with van der Waals surface area (Å²) < 4.78 is 6.82. The second-order valence-corrected chi connectivity index (χ2v) is 6.57. The van der Waals surface area contributed by atoms with Gasteiger partial charge in [-0.3, -0.25) is 14.4 Å². The van der Waals surface area contributed by atoms with Gasteiger partial charge in [0.1, 0.15) is 17.5 Å². The molecule has 1 aliphatic heterocycles. The third-order valence-electron chi connectivity index (χ3n) is 4.73. The fourth-order valence-electron chi connectivity index (χ4n) is 3.42. The molecule has 0 radical (unpaired) electrons. The van der Waals surface area contributed by atoms with Gasteiger partial charge < -0.3 is 19.0 Å². The van der Waals surface area contributed by atoms with Gasteiger partial charge in [-0.2, -0.15) is 0 Å². The maximum Gasteiger partial charge on any atom is 0.303 e. The monoisotopic (exact) mass is 347 g/mol. The first-order chi connectivity index (χ1) is 11.9. The van der Waals surface area contributed by atoms with Crippen molar-refractivity contribution in [3.05, 3.63) is 28.0 Å². The van der Waals surface area contributed by atoms with E-state index in [0.717, 1.165) is 12.8 Å². The van der Waals surface area contributed by atoms with Gasteiger partial charge in [-0.15, -0.1) is 0 Å². The third-order valence-corrected chi connectivity index (χ3v) is 4.73. The van der Waals surface area contributed by atoms with E-state index in [9.17, 15) is 14.4 Å². The van der Waals surface area contributed by atoms with Crippen LogP contribution < -0.4 is 5.56 Å². The van der Waals surface area contributed by atoms with E-state index in [0.29, 0.717) is 25.3 Å². The molecule has 25 heavy (non-hydrogen) atoms. The highest BCUT2D eigenvalue weighted by molar-refractivity contribution is 6.06. The van der Waals surface area contributed by atoms with Crippen molar-refractivity contribution < 1.29 is 19.1 Å². The summed E-state index contributed by atoms with van der Waals surface area (Å²) in [5.41, 5.74) is 0.121. The lowest BCUT2D eigenvalue weighted by atomic mass is 9.93. The van der Waals surface area contributed by atoms with Crippen LogP contribution in [0.25, 0.3) is 11.1 Å². The number of aliphatic carboxylic acids is 1. The summed E-state index contributed by atoms with van der Waals surface area (Å²) in [6.07, 6.45) is 3.75. The zero-order chi connectivity index (χ0) is 18.1. The van der Waals surface area contributed by atoms with Crippen molar-refractivity contribution in [1.82, 2.24) is 14.5 Å². The fraction of sp³-hybridized carbons (Fsp3) is 0.529. The van der Waals surface area contributed by atoms with E-state index in [1.165, 1.54) is 10.9 Å². The van der Waals surface area contributed by atoms with Crippen LogP contribution in [0.15, 0.2) is 15.5 Å². The van der Waals surface area contributed by atoms with Gasteiger partial charge in [-0.05, 0) is 32.1 Å². The second kappa shape index (κ2) is 6.70. The van der Waals surface area contributed by atoms with Gasteiger partial charge in [0.05, 0.1) is 5.56 Å². The molecule has 1 atom stereocenters. The van der Waals surface area contributed by atoms with Crippen LogP contribution in [0.2, 0.25) is 0 Å². The predicted molar refractivity (Wildman–Crippen MR) is 89.5 cm³/mol. The number of nitrogens with zero attached hydrogens (tertiary/aromatic N) is 3. The molecule has 1 amide bonds. The minimum atomic E-state index is -0.824. The normalized spacial score (nSPS) is 17.8. The number of carbonyl (C=O) groups is 2. The lowest BCUT2D eigenvalue weighted by Gasteiger charge is -2.32. The van der Waals surface area contributed by atoms with Gasteiger partial charge in [-0.25, -0.2) is 4.98 Å². The summed E-state index contributed by atoms with van der Waals surface area (Å²) in [5.74, 6) is -0.534. The van der Waals surface area contributed by atoms with Crippen LogP contribution >= 0.6 is 0 Å². The first kappa shape index (κ1) is 17.2. The predicted octanol–water partition coefficient (Wildman–Crippen LogP) is 1.55. The number of likely N-dealkylation sites (tertiary alicyclic amines) is 1. The molecule has 8 heteroatoms. The van der Waals surface area contributed by atoms with E-state index in [2.05, 4.69) is 4.98 Å². The number of rotatable bonds is 4. The van der Waals surface area contributed by atoms with Crippen LogP contribution in [-0.4, -0.2) is 44.5 Å². The zero-order valence-corrected chi connectivity index (χ0v) is 14.3. The third kappa shape index (κ3) is 3.29. The van der Waals surface area contributed by atoms with E-state index in [1.807, 2.05) is 0 Å².